The monoisotopic (exact) mass is 456 g/mol. The molecule has 11 heteroatoms. The van der Waals surface area contributed by atoms with Gasteiger partial charge in [0.15, 0.2) is 0 Å². The fourth-order valence-corrected chi connectivity index (χ4v) is 2.55. The van der Waals surface area contributed by atoms with Crippen molar-refractivity contribution in [3.05, 3.63) is 56.8 Å². The maximum atomic E-state index is 13.4. The van der Waals surface area contributed by atoms with Crippen molar-refractivity contribution in [2.24, 2.45) is 0 Å². The van der Waals surface area contributed by atoms with Gasteiger partial charge in [-0.25, -0.2) is 18.0 Å². The van der Waals surface area contributed by atoms with Gasteiger partial charge in [0.05, 0.1) is 10.0 Å². The first-order valence-electron chi connectivity index (χ1n) is 7.12. The molecule has 1 N–H and O–H groups in total. The van der Waals surface area contributed by atoms with Crippen LogP contribution in [-0.2, 0) is 4.89 Å². The Balaban J connectivity index is 2.00. The SMILES string of the molecule is Cc1c(C(=O)O)ccc(Br)c1OCCOOc1c(F)c(F)c(F)c(F)c1F. The first-order chi connectivity index (χ1) is 12.7. The highest BCUT2D eigenvalue weighted by Crippen LogP contribution is 2.32. The van der Waals surface area contributed by atoms with Gasteiger partial charge in [-0.05, 0) is 35.0 Å². The quantitative estimate of drug-likeness (QED) is 0.165. The zero-order valence-electron chi connectivity index (χ0n) is 13.4. The topological polar surface area (TPSA) is 65.0 Å². The highest BCUT2D eigenvalue weighted by Gasteiger charge is 2.28. The Labute approximate surface area is 157 Å². The Hall–Kier alpha value is -2.40. The van der Waals surface area contributed by atoms with Gasteiger partial charge < -0.3 is 14.7 Å². The zero-order chi connectivity index (χ0) is 20.3. The van der Waals surface area contributed by atoms with Gasteiger partial charge in [0, 0.05) is 5.56 Å². The van der Waals surface area contributed by atoms with E-state index in [0.717, 1.165) is 0 Å². The first kappa shape index (κ1) is 20.9. The molecule has 0 unspecified atom stereocenters. The number of hydrogen-bond acceptors (Lipinski definition) is 4. The van der Waals surface area contributed by atoms with E-state index in [0.29, 0.717) is 10.0 Å². The molecule has 0 aliphatic heterocycles. The summed E-state index contributed by atoms with van der Waals surface area (Å²) in [6.07, 6.45) is 0. The van der Waals surface area contributed by atoms with Crippen molar-refractivity contribution in [3.8, 4) is 11.5 Å². The van der Waals surface area contributed by atoms with Crippen molar-refractivity contribution in [1.82, 2.24) is 0 Å². The first-order valence-corrected chi connectivity index (χ1v) is 7.92. The molecular formula is C16H10BrF5O5. The summed E-state index contributed by atoms with van der Waals surface area (Å²) in [5.41, 5.74) is 0.296. The fraction of sp³-hybridized carbons (Fsp3) is 0.188. The molecule has 0 aliphatic rings. The van der Waals surface area contributed by atoms with Gasteiger partial charge in [0.25, 0.3) is 0 Å². The van der Waals surface area contributed by atoms with Gasteiger partial charge in [-0.15, -0.1) is 0 Å². The van der Waals surface area contributed by atoms with E-state index < -0.39 is 47.4 Å². The lowest BCUT2D eigenvalue weighted by molar-refractivity contribution is -0.215. The third-order valence-corrected chi connectivity index (χ3v) is 3.94. The van der Waals surface area contributed by atoms with Crippen LogP contribution in [0.3, 0.4) is 0 Å². The molecule has 0 aromatic heterocycles. The van der Waals surface area contributed by atoms with E-state index in [1.807, 2.05) is 0 Å². The molecule has 0 radical (unpaired) electrons. The minimum atomic E-state index is -2.32. The van der Waals surface area contributed by atoms with Crippen LogP contribution >= 0.6 is 15.9 Å². The third kappa shape index (κ3) is 4.30. The van der Waals surface area contributed by atoms with E-state index >= 15 is 0 Å². The normalized spacial score (nSPS) is 10.8. The Kier molecular flexibility index (Phi) is 6.60. The summed E-state index contributed by atoms with van der Waals surface area (Å²) in [5.74, 6) is -13.6. The van der Waals surface area contributed by atoms with Gasteiger partial charge in [-0.2, -0.15) is 13.7 Å². The molecule has 146 valence electrons. The van der Waals surface area contributed by atoms with E-state index in [1.165, 1.54) is 19.1 Å². The van der Waals surface area contributed by atoms with Crippen LogP contribution in [-0.4, -0.2) is 24.3 Å². The lowest BCUT2D eigenvalue weighted by atomic mass is 10.1. The predicted octanol–water partition coefficient (Wildman–Crippen LogP) is 4.54. The Morgan fingerprint density at radius 2 is 1.52 bits per heavy atom. The summed E-state index contributed by atoms with van der Waals surface area (Å²) in [4.78, 5) is 19.7. The second-order valence-corrected chi connectivity index (χ2v) is 5.86. The molecule has 0 aliphatic carbocycles. The molecule has 2 aromatic rings. The fourth-order valence-electron chi connectivity index (χ4n) is 2.00. The molecule has 27 heavy (non-hydrogen) atoms. The van der Waals surface area contributed by atoms with Gasteiger partial charge in [0.2, 0.25) is 34.8 Å². The number of halogens is 6. The van der Waals surface area contributed by atoms with Gasteiger partial charge in [-0.1, -0.05) is 0 Å². The molecule has 0 atom stereocenters. The summed E-state index contributed by atoms with van der Waals surface area (Å²) < 4.78 is 71.5. The molecule has 0 bridgehead atoms. The number of carboxylic acids is 1. The Morgan fingerprint density at radius 3 is 2.07 bits per heavy atom. The predicted molar refractivity (Wildman–Crippen MR) is 84.1 cm³/mol. The minimum absolute atomic E-state index is 0.00762. The Morgan fingerprint density at radius 1 is 0.963 bits per heavy atom. The number of carbonyl (C=O) groups is 1. The molecule has 0 saturated carbocycles. The number of ether oxygens (including phenoxy) is 1. The van der Waals surface area contributed by atoms with Crippen LogP contribution in [0, 0.1) is 36.0 Å². The Bertz CT molecular complexity index is 861. The van der Waals surface area contributed by atoms with E-state index in [9.17, 15) is 26.7 Å². The number of hydrogen-bond donors (Lipinski definition) is 1. The molecule has 0 saturated heterocycles. The molecule has 2 aromatic carbocycles. The van der Waals surface area contributed by atoms with Crippen molar-refractivity contribution in [3.63, 3.8) is 0 Å². The highest BCUT2D eigenvalue weighted by molar-refractivity contribution is 9.10. The van der Waals surface area contributed by atoms with Crippen LogP contribution in [0.25, 0.3) is 0 Å². The summed E-state index contributed by atoms with van der Waals surface area (Å²) in [5, 5.41) is 9.06. The number of benzene rings is 2. The molecule has 0 amide bonds. The number of aromatic carboxylic acids is 1. The summed E-state index contributed by atoms with van der Waals surface area (Å²) >= 11 is 3.17. The second kappa shape index (κ2) is 8.53. The van der Waals surface area contributed by atoms with E-state index in [-0.39, 0.29) is 17.9 Å². The van der Waals surface area contributed by atoms with Crippen LogP contribution in [0.15, 0.2) is 16.6 Å². The van der Waals surface area contributed by atoms with Crippen molar-refractivity contribution >= 4 is 21.9 Å². The molecule has 0 heterocycles. The standard InChI is InChI=1S/C16H10BrF5O5/c1-6-7(16(23)24)2-3-8(17)14(6)25-4-5-26-27-15-12(21)10(19)9(18)11(20)13(15)22/h2-3H,4-5H2,1H3,(H,23,24). The number of rotatable bonds is 7. The summed E-state index contributed by atoms with van der Waals surface area (Å²) in [6.45, 7) is 0.746. The third-order valence-electron chi connectivity index (χ3n) is 3.31. The maximum absolute atomic E-state index is 13.4. The van der Waals surface area contributed by atoms with Crippen molar-refractivity contribution in [1.29, 1.82) is 0 Å². The van der Waals surface area contributed by atoms with Crippen molar-refractivity contribution in [2.75, 3.05) is 13.2 Å². The average Bonchev–Trinajstić information content (AvgIpc) is 2.62. The number of carboxylic acid groups (broad SMARTS) is 1. The molecule has 0 fully saturated rings. The van der Waals surface area contributed by atoms with Gasteiger partial charge in [0.1, 0.15) is 19.0 Å². The second-order valence-electron chi connectivity index (χ2n) is 5.01. The van der Waals surface area contributed by atoms with Crippen LogP contribution in [0.5, 0.6) is 11.5 Å². The molecule has 0 spiro atoms. The van der Waals surface area contributed by atoms with E-state index in [2.05, 4.69) is 25.7 Å². The zero-order valence-corrected chi connectivity index (χ0v) is 15.0. The average molecular weight is 457 g/mol. The van der Waals surface area contributed by atoms with Gasteiger partial charge >= 0.3 is 5.97 Å². The highest BCUT2D eigenvalue weighted by atomic mass is 79.9. The van der Waals surface area contributed by atoms with Crippen LogP contribution in [0.1, 0.15) is 15.9 Å². The van der Waals surface area contributed by atoms with E-state index in [1.54, 1.807) is 0 Å². The van der Waals surface area contributed by atoms with Crippen molar-refractivity contribution in [2.45, 2.75) is 6.92 Å². The maximum Gasteiger partial charge on any atom is 0.336 e. The molecule has 2 rings (SSSR count). The van der Waals surface area contributed by atoms with Crippen LogP contribution in [0.2, 0.25) is 0 Å². The largest absolute Gasteiger partial charge is 0.490 e. The molecular weight excluding hydrogens is 447 g/mol. The summed E-state index contributed by atoms with van der Waals surface area (Å²) in [6, 6.07) is 2.80. The van der Waals surface area contributed by atoms with Gasteiger partial charge in [-0.3, -0.25) is 0 Å². The molecule has 5 nitrogen and oxygen atoms in total. The minimum Gasteiger partial charge on any atom is -0.490 e. The van der Waals surface area contributed by atoms with Crippen LogP contribution < -0.4 is 9.62 Å². The van der Waals surface area contributed by atoms with Crippen molar-refractivity contribution < 1.29 is 46.4 Å². The summed E-state index contributed by atoms with van der Waals surface area (Å²) in [7, 11) is 0. The smallest absolute Gasteiger partial charge is 0.336 e. The lowest BCUT2D eigenvalue weighted by Gasteiger charge is -2.13. The lowest BCUT2D eigenvalue weighted by Crippen LogP contribution is -2.13. The van der Waals surface area contributed by atoms with Crippen LogP contribution in [0.4, 0.5) is 22.0 Å². The van der Waals surface area contributed by atoms with E-state index in [4.69, 9.17) is 9.84 Å².